The molecule has 98 valence electrons. The second kappa shape index (κ2) is 6.10. The highest BCUT2D eigenvalue weighted by molar-refractivity contribution is 8.14. The third-order valence-corrected chi connectivity index (χ3v) is 5.15. The quantitative estimate of drug-likeness (QED) is 0.835. The van der Waals surface area contributed by atoms with Gasteiger partial charge in [0.05, 0.1) is 6.54 Å². The van der Waals surface area contributed by atoms with Crippen molar-refractivity contribution in [3.8, 4) is 0 Å². The summed E-state index contributed by atoms with van der Waals surface area (Å²) in [7, 11) is 2.15. The Morgan fingerprint density at radius 1 is 1.35 bits per heavy atom. The van der Waals surface area contributed by atoms with Crippen molar-refractivity contribution in [1.82, 2.24) is 10.2 Å². The van der Waals surface area contributed by atoms with Gasteiger partial charge in [-0.2, -0.15) is 0 Å². The zero-order chi connectivity index (χ0) is 12.1. The summed E-state index contributed by atoms with van der Waals surface area (Å²) in [6, 6.07) is 0. The average Bonchev–Trinajstić information content (AvgIpc) is 2.73. The Kier molecular flexibility index (Phi) is 4.74. The number of nitrogens with zero attached hydrogens (tertiary/aromatic N) is 2. The predicted molar refractivity (Wildman–Crippen MR) is 76.9 cm³/mol. The highest BCUT2D eigenvalue weighted by Gasteiger charge is 2.37. The van der Waals surface area contributed by atoms with Gasteiger partial charge in [-0.1, -0.05) is 37.9 Å². The number of aliphatic imine (C=N–C) groups is 1. The van der Waals surface area contributed by atoms with Gasteiger partial charge in [-0.25, -0.2) is 0 Å². The zero-order valence-corrected chi connectivity index (χ0v) is 12.0. The van der Waals surface area contributed by atoms with Crippen LogP contribution in [-0.2, 0) is 0 Å². The smallest absolute Gasteiger partial charge is 0.157 e. The monoisotopic (exact) mass is 255 g/mol. The van der Waals surface area contributed by atoms with Crippen LogP contribution in [0.2, 0.25) is 0 Å². The minimum absolute atomic E-state index is 0.401. The van der Waals surface area contributed by atoms with Crippen LogP contribution in [0.15, 0.2) is 4.99 Å². The summed E-state index contributed by atoms with van der Waals surface area (Å²) in [5.74, 6) is 1.23. The maximum atomic E-state index is 4.69. The lowest BCUT2D eigenvalue weighted by molar-refractivity contribution is 0.303. The number of nitrogens with one attached hydrogen (secondary N) is 1. The minimum atomic E-state index is 0.401. The number of amidine groups is 1. The van der Waals surface area contributed by atoms with Gasteiger partial charge in [0.25, 0.3) is 0 Å². The van der Waals surface area contributed by atoms with Crippen LogP contribution in [0, 0.1) is 0 Å². The molecule has 1 heterocycles. The van der Waals surface area contributed by atoms with Crippen molar-refractivity contribution in [2.75, 3.05) is 32.4 Å². The lowest BCUT2D eigenvalue weighted by atomic mass is 9.83. The van der Waals surface area contributed by atoms with Crippen molar-refractivity contribution < 1.29 is 0 Å². The molecule has 0 aromatic rings. The molecular formula is C13H25N3S. The topological polar surface area (TPSA) is 27.6 Å². The molecule has 0 aromatic carbocycles. The lowest BCUT2D eigenvalue weighted by Crippen LogP contribution is -2.45. The van der Waals surface area contributed by atoms with Crippen molar-refractivity contribution in [2.45, 2.75) is 44.6 Å². The third-order valence-electron chi connectivity index (χ3n) is 3.94. The van der Waals surface area contributed by atoms with Crippen molar-refractivity contribution in [1.29, 1.82) is 0 Å². The molecule has 1 aliphatic heterocycles. The van der Waals surface area contributed by atoms with E-state index in [1.807, 2.05) is 11.8 Å². The molecule has 1 aliphatic carbocycles. The molecule has 1 spiro atoms. The Morgan fingerprint density at radius 2 is 2.12 bits per heavy atom. The van der Waals surface area contributed by atoms with Crippen molar-refractivity contribution in [3.63, 3.8) is 0 Å². The number of hydrogen-bond acceptors (Lipinski definition) is 3. The van der Waals surface area contributed by atoms with E-state index in [1.54, 1.807) is 0 Å². The summed E-state index contributed by atoms with van der Waals surface area (Å²) >= 11 is 1.93. The van der Waals surface area contributed by atoms with E-state index in [2.05, 4.69) is 29.2 Å². The summed E-state index contributed by atoms with van der Waals surface area (Å²) in [5.41, 5.74) is 0.401. The Hall–Kier alpha value is -0.220. The Bertz CT molecular complexity index is 272. The second-order valence-corrected chi connectivity index (χ2v) is 6.30. The number of thioether (sulfide) groups is 1. The van der Waals surface area contributed by atoms with Gasteiger partial charge >= 0.3 is 0 Å². The van der Waals surface area contributed by atoms with Crippen LogP contribution in [0.4, 0.5) is 0 Å². The molecule has 0 aromatic heterocycles. The molecule has 0 bridgehead atoms. The van der Waals surface area contributed by atoms with E-state index < -0.39 is 0 Å². The Labute approximate surface area is 109 Å². The summed E-state index contributed by atoms with van der Waals surface area (Å²) in [4.78, 5) is 6.99. The van der Waals surface area contributed by atoms with Crippen LogP contribution in [0.3, 0.4) is 0 Å². The molecule has 2 rings (SSSR count). The van der Waals surface area contributed by atoms with E-state index in [9.17, 15) is 0 Å². The SMILES string of the molecule is CCN(C)CCN=C1NC2(CCCCC2)CS1. The van der Waals surface area contributed by atoms with Crippen LogP contribution in [0.25, 0.3) is 0 Å². The van der Waals surface area contributed by atoms with Crippen LogP contribution < -0.4 is 5.32 Å². The maximum Gasteiger partial charge on any atom is 0.157 e. The van der Waals surface area contributed by atoms with E-state index in [1.165, 1.54) is 43.0 Å². The molecule has 0 atom stereocenters. The van der Waals surface area contributed by atoms with Gasteiger partial charge in [-0.15, -0.1) is 0 Å². The molecule has 17 heavy (non-hydrogen) atoms. The van der Waals surface area contributed by atoms with Gasteiger partial charge < -0.3 is 10.2 Å². The molecule has 0 unspecified atom stereocenters. The maximum absolute atomic E-state index is 4.69. The first-order valence-electron chi connectivity index (χ1n) is 6.88. The van der Waals surface area contributed by atoms with E-state index >= 15 is 0 Å². The first-order chi connectivity index (χ1) is 8.24. The lowest BCUT2D eigenvalue weighted by Gasteiger charge is -2.32. The predicted octanol–water partition coefficient (Wildman–Crippen LogP) is 2.33. The fraction of sp³-hybridized carbons (Fsp3) is 0.923. The van der Waals surface area contributed by atoms with Gasteiger partial charge in [0.2, 0.25) is 0 Å². The summed E-state index contributed by atoms with van der Waals surface area (Å²) in [6.07, 6.45) is 6.88. The van der Waals surface area contributed by atoms with Crippen LogP contribution in [-0.4, -0.2) is 48.0 Å². The molecule has 2 aliphatic rings. The van der Waals surface area contributed by atoms with Gasteiger partial charge in [0.15, 0.2) is 5.17 Å². The summed E-state index contributed by atoms with van der Waals surface area (Å²) in [5, 5.41) is 4.88. The molecule has 4 heteroatoms. The normalized spacial score (nSPS) is 25.7. The van der Waals surface area contributed by atoms with Gasteiger partial charge in [-0.3, -0.25) is 4.99 Å². The van der Waals surface area contributed by atoms with E-state index in [4.69, 9.17) is 0 Å². The van der Waals surface area contributed by atoms with Crippen molar-refractivity contribution >= 4 is 16.9 Å². The number of hydrogen-bond donors (Lipinski definition) is 1. The molecule has 2 fully saturated rings. The largest absolute Gasteiger partial charge is 0.359 e. The molecule has 1 N–H and O–H groups in total. The van der Waals surface area contributed by atoms with Crippen LogP contribution in [0.1, 0.15) is 39.0 Å². The standard InChI is InChI=1S/C13H25N3S/c1-3-16(2)10-9-14-12-15-13(11-17-12)7-5-4-6-8-13/h3-11H2,1-2H3,(H,14,15). The molecule has 1 saturated heterocycles. The van der Waals surface area contributed by atoms with Crippen LogP contribution >= 0.6 is 11.8 Å². The third kappa shape index (κ3) is 3.62. The summed E-state index contributed by atoms with van der Waals surface area (Å²) < 4.78 is 0. The second-order valence-electron chi connectivity index (χ2n) is 5.34. The van der Waals surface area contributed by atoms with E-state index in [-0.39, 0.29) is 0 Å². The Balaban J connectivity index is 1.78. The molecule has 3 nitrogen and oxygen atoms in total. The van der Waals surface area contributed by atoms with Gasteiger partial charge in [0.1, 0.15) is 0 Å². The minimum Gasteiger partial charge on any atom is -0.359 e. The zero-order valence-electron chi connectivity index (χ0n) is 11.2. The molecule has 0 amide bonds. The number of likely N-dealkylation sites (N-methyl/N-ethyl adjacent to an activating group) is 1. The van der Waals surface area contributed by atoms with Gasteiger partial charge in [-0.05, 0) is 26.4 Å². The first-order valence-corrected chi connectivity index (χ1v) is 7.87. The molecule has 0 radical (unpaired) electrons. The van der Waals surface area contributed by atoms with Crippen molar-refractivity contribution in [2.24, 2.45) is 4.99 Å². The van der Waals surface area contributed by atoms with E-state index in [0.29, 0.717) is 5.54 Å². The highest BCUT2D eigenvalue weighted by atomic mass is 32.2. The fourth-order valence-corrected chi connectivity index (χ4v) is 3.81. The Morgan fingerprint density at radius 3 is 2.82 bits per heavy atom. The number of rotatable bonds is 4. The van der Waals surface area contributed by atoms with Crippen molar-refractivity contribution in [3.05, 3.63) is 0 Å². The van der Waals surface area contributed by atoms with Crippen LogP contribution in [0.5, 0.6) is 0 Å². The fourth-order valence-electron chi connectivity index (χ4n) is 2.57. The highest BCUT2D eigenvalue weighted by Crippen LogP contribution is 2.35. The van der Waals surface area contributed by atoms with E-state index in [0.717, 1.165) is 19.6 Å². The molecule has 1 saturated carbocycles. The first kappa shape index (κ1) is 13.2. The summed E-state index contributed by atoms with van der Waals surface area (Å²) in [6.45, 7) is 5.28. The van der Waals surface area contributed by atoms with Gasteiger partial charge in [0, 0.05) is 17.8 Å². The molecular weight excluding hydrogens is 230 g/mol. The average molecular weight is 255 g/mol.